The zero-order valence-corrected chi connectivity index (χ0v) is 15.9. The van der Waals surface area contributed by atoms with E-state index in [0.717, 1.165) is 51.4 Å². The van der Waals surface area contributed by atoms with Crippen molar-refractivity contribution >= 4 is 5.91 Å². The minimum Gasteiger partial charge on any atom is -0.492 e. The van der Waals surface area contributed by atoms with Crippen molar-refractivity contribution in [2.24, 2.45) is 5.92 Å². The predicted molar refractivity (Wildman–Crippen MR) is 100 cm³/mol. The van der Waals surface area contributed by atoms with Gasteiger partial charge in [-0.3, -0.25) is 9.69 Å². The molecule has 1 aromatic carbocycles. The third-order valence-corrected chi connectivity index (χ3v) is 5.40. The molecule has 2 unspecified atom stereocenters. The van der Waals surface area contributed by atoms with Gasteiger partial charge in [0.25, 0.3) is 0 Å². The summed E-state index contributed by atoms with van der Waals surface area (Å²) in [6, 6.07) is 5.23. The Kier molecular flexibility index (Phi) is 7.18. The first kappa shape index (κ1) is 20.9. The molecule has 0 bridgehead atoms. The predicted octanol–water partition coefficient (Wildman–Crippen LogP) is 2.66. The number of nitrogens with zero attached hydrogens (tertiary/aromatic N) is 1. The molecule has 0 radical (unpaired) electrons. The second-order valence-corrected chi connectivity index (χ2v) is 7.55. The van der Waals surface area contributed by atoms with Gasteiger partial charge >= 0.3 is 6.18 Å². The van der Waals surface area contributed by atoms with Crippen LogP contribution in [0.4, 0.5) is 13.2 Å². The van der Waals surface area contributed by atoms with Crippen molar-refractivity contribution in [2.45, 2.75) is 37.9 Å². The number of benzene rings is 1. The van der Waals surface area contributed by atoms with Crippen LogP contribution in [0.5, 0.6) is 5.75 Å². The number of ether oxygens (including phenoxy) is 1. The maximum Gasteiger partial charge on any atom is 0.419 e. The molecule has 2 atom stereocenters. The molecular weight excluding hydrogens is 371 g/mol. The molecule has 1 amide bonds. The van der Waals surface area contributed by atoms with Crippen molar-refractivity contribution in [3.8, 4) is 5.75 Å². The summed E-state index contributed by atoms with van der Waals surface area (Å²) < 4.78 is 44.5. The largest absolute Gasteiger partial charge is 0.492 e. The number of para-hydroxylation sites is 1. The first-order valence-corrected chi connectivity index (χ1v) is 9.96. The summed E-state index contributed by atoms with van der Waals surface area (Å²) in [4.78, 5) is 14.3. The van der Waals surface area contributed by atoms with Gasteiger partial charge in [0.05, 0.1) is 11.6 Å². The Labute approximate surface area is 163 Å². The van der Waals surface area contributed by atoms with Crippen LogP contribution in [0, 0.1) is 5.92 Å². The number of likely N-dealkylation sites (tertiary alicyclic amines) is 1. The molecule has 2 N–H and O–H groups in total. The minimum atomic E-state index is -4.42. The molecule has 8 heteroatoms. The van der Waals surface area contributed by atoms with E-state index in [4.69, 9.17) is 4.74 Å². The van der Waals surface area contributed by atoms with Crippen LogP contribution >= 0.6 is 0 Å². The number of rotatable bonds is 7. The van der Waals surface area contributed by atoms with Crippen LogP contribution in [0.1, 0.15) is 31.2 Å². The molecule has 2 aliphatic heterocycles. The number of nitrogens with one attached hydrogen (secondary N) is 2. The molecule has 28 heavy (non-hydrogen) atoms. The van der Waals surface area contributed by atoms with E-state index in [-0.39, 0.29) is 24.3 Å². The van der Waals surface area contributed by atoms with E-state index in [0.29, 0.717) is 19.0 Å². The van der Waals surface area contributed by atoms with Crippen LogP contribution in [0.25, 0.3) is 0 Å². The maximum absolute atomic E-state index is 13.0. The van der Waals surface area contributed by atoms with Gasteiger partial charge in [-0.2, -0.15) is 13.2 Å². The summed E-state index contributed by atoms with van der Waals surface area (Å²) in [5, 5.41) is 6.23. The SMILES string of the molecule is O=C(NCC1CCCN(CCOc2ccccc2C(F)(F)F)C1)C1CCCN1. The lowest BCUT2D eigenvalue weighted by Gasteiger charge is -2.33. The monoisotopic (exact) mass is 399 g/mol. The molecule has 1 aromatic rings. The maximum atomic E-state index is 13.0. The number of hydrogen-bond acceptors (Lipinski definition) is 4. The van der Waals surface area contributed by atoms with Crippen molar-refractivity contribution in [2.75, 3.05) is 39.3 Å². The van der Waals surface area contributed by atoms with Gasteiger partial charge in [0.1, 0.15) is 12.4 Å². The van der Waals surface area contributed by atoms with Gasteiger partial charge in [0.15, 0.2) is 0 Å². The highest BCUT2D eigenvalue weighted by Crippen LogP contribution is 2.35. The van der Waals surface area contributed by atoms with Crippen molar-refractivity contribution in [1.82, 2.24) is 15.5 Å². The van der Waals surface area contributed by atoms with E-state index in [1.807, 2.05) is 0 Å². The van der Waals surface area contributed by atoms with Gasteiger partial charge < -0.3 is 15.4 Å². The van der Waals surface area contributed by atoms with Crippen molar-refractivity contribution in [3.63, 3.8) is 0 Å². The molecule has 2 aliphatic rings. The zero-order valence-electron chi connectivity index (χ0n) is 15.9. The average molecular weight is 399 g/mol. The van der Waals surface area contributed by atoms with E-state index < -0.39 is 11.7 Å². The quantitative estimate of drug-likeness (QED) is 0.740. The van der Waals surface area contributed by atoms with E-state index in [1.54, 1.807) is 6.07 Å². The number of carbonyl (C=O) groups is 1. The highest BCUT2D eigenvalue weighted by atomic mass is 19.4. The molecule has 0 saturated carbocycles. The second-order valence-electron chi connectivity index (χ2n) is 7.55. The Balaban J connectivity index is 1.41. The molecular formula is C20H28F3N3O2. The molecule has 0 spiro atoms. The molecule has 2 fully saturated rings. The lowest BCUT2D eigenvalue weighted by Crippen LogP contribution is -2.46. The summed E-state index contributed by atoms with van der Waals surface area (Å²) in [7, 11) is 0. The van der Waals surface area contributed by atoms with Crippen LogP contribution in [-0.2, 0) is 11.0 Å². The van der Waals surface area contributed by atoms with Crippen LogP contribution in [0.15, 0.2) is 24.3 Å². The van der Waals surface area contributed by atoms with Crippen LogP contribution in [0.2, 0.25) is 0 Å². The van der Waals surface area contributed by atoms with Gasteiger partial charge in [0, 0.05) is 19.6 Å². The topological polar surface area (TPSA) is 53.6 Å². The third-order valence-electron chi connectivity index (χ3n) is 5.40. The van der Waals surface area contributed by atoms with Crippen molar-refractivity contribution in [1.29, 1.82) is 0 Å². The lowest BCUT2D eigenvalue weighted by atomic mass is 9.98. The lowest BCUT2D eigenvalue weighted by molar-refractivity contribution is -0.139. The average Bonchev–Trinajstić information content (AvgIpc) is 3.21. The van der Waals surface area contributed by atoms with E-state index in [2.05, 4.69) is 15.5 Å². The summed E-state index contributed by atoms with van der Waals surface area (Å²) in [5.41, 5.74) is -0.741. The number of halogens is 3. The molecule has 0 aliphatic carbocycles. The molecule has 0 aromatic heterocycles. The standard InChI is InChI=1S/C20H28F3N3O2/c21-20(22,23)16-6-1-2-8-18(16)28-12-11-26-10-4-5-15(14-26)13-25-19(27)17-7-3-9-24-17/h1-2,6,8,15,17,24H,3-5,7,9-14H2,(H,25,27). The molecule has 3 rings (SSSR count). The second kappa shape index (κ2) is 9.60. The van der Waals surface area contributed by atoms with Crippen molar-refractivity contribution in [3.05, 3.63) is 29.8 Å². The first-order chi connectivity index (χ1) is 13.4. The number of alkyl halides is 3. The minimum absolute atomic E-state index is 0.0678. The molecule has 156 valence electrons. The number of amides is 1. The van der Waals surface area contributed by atoms with Crippen LogP contribution in [-0.4, -0.2) is 56.2 Å². The summed E-state index contributed by atoms with van der Waals surface area (Å²) >= 11 is 0. The van der Waals surface area contributed by atoms with Gasteiger partial charge in [-0.05, 0) is 56.8 Å². The van der Waals surface area contributed by atoms with E-state index in [9.17, 15) is 18.0 Å². The Bertz CT molecular complexity index is 648. The molecule has 2 heterocycles. The zero-order chi connectivity index (χ0) is 20.0. The molecule has 5 nitrogen and oxygen atoms in total. The van der Waals surface area contributed by atoms with Gasteiger partial charge in [-0.15, -0.1) is 0 Å². The molecule has 2 saturated heterocycles. The number of piperidine rings is 1. The van der Waals surface area contributed by atoms with Gasteiger partial charge in [-0.25, -0.2) is 0 Å². The summed E-state index contributed by atoms with van der Waals surface area (Å²) in [5.74, 6) is 0.308. The Morgan fingerprint density at radius 2 is 2.07 bits per heavy atom. The Hall–Kier alpha value is -1.80. The van der Waals surface area contributed by atoms with E-state index >= 15 is 0 Å². The normalized spacial score (nSPS) is 23.5. The number of carbonyl (C=O) groups excluding carboxylic acids is 1. The van der Waals surface area contributed by atoms with Crippen LogP contribution < -0.4 is 15.4 Å². The fourth-order valence-corrected chi connectivity index (χ4v) is 3.91. The number of hydrogen-bond donors (Lipinski definition) is 2. The van der Waals surface area contributed by atoms with Gasteiger partial charge in [0.2, 0.25) is 5.91 Å². The van der Waals surface area contributed by atoms with Gasteiger partial charge in [-0.1, -0.05) is 12.1 Å². The van der Waals surface area contributed by atoms with Crippen molar-refractivity contribution < 1.29 is 22.7 Å². The highest BCUT2D eigenvalue weighted by Gasteiger charge is 2.34. The smallest absolute Gasteiger partial charge is 0.419 e. The van der Waals surface area contributed by atoms with Crippen LogP contribution in [0.3, 0.4) is 0 Å². The Morgan fingerprint density at radius 1 is 1.25 bits per heavy atom. The fourth-order valence-electron chi connectivity index (χ4n) is 3.91. The summed E-state index contributed by atoms with van der Waals surface area (Å²) in [6.07, 6.45) is -0.431. The Morgan fingerprint density at radius 3 is 2.82 bits per heavy atom. The van der Waals surface area contributed by atoms with E-state index in [1.165, 1.54) is 12.1 Å². The third kappa shape index (κ3) is 5.85. The highest BCUT2D eigenvalue weighted by molar-refractivity contribution is 5.81. The first-order valence-electron chi connectivity index (χ1n) is 9.96. The summed E-state index contributed by atoms with van der Waals surface area (Å²) in [6.45, 7) is 4.04. The fraction of sp³-hybridized carbons (Fsp3) is 0.650.